The first-order chi connectivity index (χ1) is 5.75. The van der Waals surface area contributed by atoms with Gasteiger partial charge in [-0.05, 0) is 17.7 Å². The van der Waals surface area contributed by atoms with Crippen LogP contribution in [0.5, 0.6) is 0 Å². The van der Waals surface area contributed by atoms with Gasteiger partial charge >= 0.3 is 0 Å². The molecule has 12 heavy (non-hydrogen) atoms. The third-order valence-corrected chi connectivity index (χ3v) is 2.45. The van der Waals surface area contributed by atoms with E-state index in [0.717, 1.165) is 23.6 Å². The summed E-state index contributed by atoms with van der Waals surface area (Å²) in [5.74, 6) is 0. The Labute approximate surface area is 81.2 Å². The first-order valence-corrected chi connectivity index (χ1v) is 4.57. The Balaban J connectivity index is 2.18. The monoisotopic (exact) mass is 202 g/mol. The van der Waals surface area contributed by atoms with E-state index in [1.165, 1.54) is 0 Å². The fraction of sp³-hybridized carbons (Fsp3) is 0.333. The molecule has 0 aliphatic carbocycles. The molecule has 1 saturated heterocycles. The summed E-state index contributed by atoms with van der Waals surface area (Å²) >= 11 is 11.7. The predicted molar refractivity (Wildman–Crippen MR) is 49.9 cm³/mol. The second kappa shape index (κ2) is 3.25. The number of benzene rings is 1. The van der Waals surface area contributed by atoms with E-state index >= 15 is 0 Å². The molecule has 0 amide bonds. The van der Waals surface area contributed by atoms with Crippen LogP contribution in [0, 0.1) is 0 Å². The first-order valence-electron chi connectivity index (χ1n) is 3.81. The molecule has 0 saturated carbocycles. The van der Waals surface area contributed by atoms with Gasteiger partial charge in [-0.1, -0.05) is 29.3 Å². The van der Waals surface area contributed by atoms with Crippen LogP contribution >= 0.6 is 23.2 Å². The highest BCUT2D eigenvalue weighted by molar-refractivity contribution is 6.35. The van der Waals surface area contributed by atoms with Gasteiger partial charge in [0.1, 0.15) is 0 Å². The molecule has 0 spiro atoms. The molecule has 1 aromatic rings. The topological polar surface area (TPSA) is 12.5 Å². The van der Waals surface area contributed by atoms with Gasteiger partial charge < -0.3 is 4.74 Å². The summed E-state index contributed by atoms with van der Waals surface area (Å²) in [6.07, 6.45) is 1.28. The lowest BCUT2D eigenvalue weighted by molar-refractivity contribution is 0.407. The van der Waals surface area contributed by atoms with Crippen molar-refractivity contribution in [2.24, 2.45) is 0 Å². The van der Waals surface area contributed by atoms with Gasteiger partial charge in [0.25, 0.3) is 0 Å². The van der Waals surface area contributed by atoms with Crippen molar-refractivity contribution in [1.82, 2.24) is 0 Å². The summed E-state index contributed by atoms with van der Waals surface area (Å²) in [5.41, 5.74) is 1.11. The SMILES string of the molecule is Clc1ccc(CC2CO2)c(Cl)c1. The Morgan fingerprint density at radius 2 is 2.17 bits per heavy atom. The number of hydrogen-bond donors (Lipinski definition) is 0. The standard InChI is InChI=1S/C9H8Cl2O/c10-7-2-1-6(9(11)4-7)3-8-5-12-8/h1-2,4,8H,3,5H2. The van der Waals surface area contributed by atoms with Crippen LogP contribution in [0.1, 0.15) is 5.56 Å². The van der Waals surface area contributed by atoms with Crippen LogP contribution < -0.4 is 0 Å². The summed E-state index contributed by atoms with van der Waals surface area (Å²) in [7, 11) is 0. The molecular formula is C9H8Cl2O. The Kier molecular flexibility index (Phi) is 2.26. The summed E-state index contributed by atoms with van der Waals surface area (Å²) in [4.78, 5) is 0. The highest BCUT2D eigenvalue weighted by atomic mass is 35.5. The second-order valence-corrected chi connectivity index (χ2v) is 3.74. The number of halogens is 2. The van der Waals surface area contributed by atoms with Gasteiger partial charge in [-0.15, -0.1) is 0 Å². The van der Waals surface area contributed by atoms with Crippen LogP contribution in [0.2, 0.25) is 10.0 Å². The van der Waals surface area contributed by atoms with Crippen LogP contribution in [0.4, 0.5) is 0 Å². The molecule has 1 heterocycles. The van der Waals surface area contributed by atoms with Gasteiger partial charge in [-0.25, -0.2) is 0 Å². The quantitative estimate of drug-likeness (QED) is 0.673. The summed E-state index contributed by atoms with van der Waals surface area (Å²) in [6.45, 7) is 0.860. The maximum absolute atomic E-state index is 5.96. The molecule has 1 unspecified atom stereocenters. The van der Waals surface area contributed by atoms with Crippen molar-refractivity contribution in [3.05, 3.63) is 33.8 Å². The first kappa shape index (κ1) is 8.36. The van der Waals surface area contributed by atoms with Crippen molar-refractivity contribution in [2.45, 2.75) is 12.5 Å². The minimum atomic E-state index is 0.378. The molecule has 0 N–H and O–H groups in total. The Hall–Kier alpha value is -0.240. The third kappa shape index (κ3) is 1.92. The number of epoxide rings is 1. The summed E-state index contributed by atoms with van der Waals surface area (Å²) < 4.78 is 5.11. The van der Waals surface area contributed by atoms with Gasteiger partial charge in [-0.3, -0.25) is 0 Å². The van der Waals surface area contributed by atoms with Crippen molar-refractivity contribution in [2.75, 3.05) is 6.61 Å². The molecule has 3 heteroatoms. The van der Waals surface area contributed by atoms with Gasteiger partial charge in [0.05, 0.1) is 12.7 Å². The zero-order valence-electron chi connectivity index (χ0n) is 6.39. The average Bonchev–Trinajstić information content (AvgIpc) is 2.79. The molecule has 2 rings (SSSR count). The normalized spacial score (nSPS) is 21.0. The van der Waals surface area contributed by atoms with E-state index in [9.17, 15) is 0 Å². The molecule has 0 radical (unpaired) electrons. The van der Waals surface area contributed by atoms with Crippen LogP contribution in [0.25, 0.3) is 0 Å². The van der Waals surface area contributed by atoms with Crippen LogP contribution in [0.3, 0.4) is 0 Å². The van der Waals surface area contributed by atoms with Gasteiger partial charge in [0.15, 0.2) is 0 Å². The van der Waals surface area contributed by atoms with Crippen molar-refractivity contribution < 1.29 is 4.74 Å². The van der Waals surface area contributed by atoms with E-state index in [0.29, 0.717) is 11.1 Å². The van der Waals surface area contributed by atoms with Gasteiger partial charge in [-0.2, -0.15) is 0 Å². The third-order valence-electron chi connectivity index (χ3n) is 1.87. The Morgan fingerprint density at radius 1 is 1.42 bits per heavy atom. The average molecular weight is 203 g/mol. The van der Waals surface area contributed by atoms with E-state index in [2.05, 4.69) is 0 Å². The maximum Gasteiger partial charge on any atom is 0.0850 e. The van der Waals surface area contributed by atoms with Crippen molar-refractivity contribution in [3.63, 3.8) is 0 Å². The molecule has 1 aliphatic rings. The fourth-order valence-electron chi connectivity index (χ4n) is 1.12. The predicted octanol–water partition coefficient (Wildman–Crippen LogP) is 2.93. The molecule has 0 bridgehead atoms. The molecule has 64 valence electrons. The highest BCUT2D eigenvalue weighted by Gasteiger charge is 2.23. The Bertz CT molecular complexity index is 295. The zero-order chi connectivity index (χ0) is 8.55. The van der Waals surface area contributed by atoms with Gasteiger partial charge in [0.2, 0.25) is 0 Å². The fourth-order valence-corrected chi connectivity index (χ4v) is 1.60. The van der Waals surface area contributed by atoms with E-state index in [1.54, 1.807) is 6.07 Å². The highest BCUT2D eigenvalue weighted by Crippen LogP contribution is 2.25. The number of ether oxygens (including phenoxy) is 1. The van der Waals surface area contributed by atoms with E-state index < -0.39 is 0 Å². The minimum Gasteiger partial charge on any atom is -0.373 e. The van der Waals surface area contributed by atoms with Crippen molar-refractivity contribution in [3.8, 4) is 0 Å². The zero-order valence-corrected chi connectivity index (χ0v) is 7.90. The second-order valence-electron chi connectivity index (χ2n) is 2.90. The van der Waals surface area contributed by atoms with E-state index in [-0.39, 0.29) is 0 Å². The summed E-state index contributed by atoms with van der Waals surface area (Å²) in [5, 5.41) is 1.42. The van der Waals surface area contributed by atoms with Crippen LogP contribution in [-0.4, -0.2) is 12.7 Å². The lowest BCUT2D eigenvalue weighted by Gasteiger charge is -2.01. The van der Waals surface area contributed by atoms with Crippen LogP contribution in [0.15, 0.2) is 18.2 Å². The summed E-state index contributed by atoms with van der Waals surface area (Å²) in [6, 6.07) is 5.57. The molecule has 1 nitrogen and oxygen atoms in total. The number of rotatable bonds is 2. The lowest BCUT2D eigenvalue weighted by atomic mass is 10.1. The van der Waals surface area contributed by atoms with Crippen LogP contribution in [-0.2, 0) is 11.2 Å². The smallest absolute Gasteiger partial charge is 0.0850 e. The molecule has 1 aliphatic heterocycles. The molecule has 1 atom stereocenters. The minimum absolute atomic E-state index is 0.378. The molecule has 1 aromatic carbocycles. The number of hydrogen-bond acceptors (Lipinski definition) is 1. The molecule has 0 aromatic heterocycles. The van der Waals surface area contributed by atoms with Crippen molar-refractivity contribution in [1.29, 1.82) is 0 Å². The molecular weight excluding hydrogens is 195 g/mol. The van der Waals surface area contributed by atoms with Crippen molar-refractivity contribution >= 4 is 23.2 Å². The Morgan fingerprint density at radius 3 is 2.75 bits per heavy atom. The van der Waals surface area contributed by atoms with Gasteiger partial charge in [0, 0.05) is 16.5 Å². The van der Waals surface area contributed by atoms with E-state index in [1.807, 2.05) is 12.1 Å². The molecule has 1 fully saturated rings. The van der Waals surface area contributed by atoms with E-state index in [4.69, 9.17) is 27.9 Å². The lowest BCUT2D eigenvalue weighted by Crippen LogP contribution is -1.93. The maximum atomic E-state index is 5.96. The largest absolute Gasteiger partial charge is 0.373 e.